The van der Waals surface area contributed by atoms with Crippen LogP contribution in [-0.2, 0) is 22.8 Å². The molecule has 0 aromatic carbocycles. The fourth-order valence-corrected chi connectivity index (χ4v) is 2.32. The number of sulfone groups is 1. The van der Waals surface area contributed by atoms with Crippen molar-refractivity contribution >= 4 is 9.84 Å². The Labute approximate surface area is 102 Å². The minimum Gasteiger partial charge on any atom is -0.300 e. The maximum absolute atomic E-state index is 11.6. The van der Waals surface area contributed by atoms with E-state index in [9.17, 15) is 13.2 Å². The molecule has 17 heavy (non-hydrogen) atoms. The molecule has 1 aromatic heterocycles. The van der Waals surface area contributed by atoms with Crippen molar-refractivity contribution < 1.29 is 8.42 Å². The van der Waals surface area contributed by atoms with E-state index in [0.29, 0.717) is 5.92 Å². The summed E-state index contributed by atoms with van der Waals surface area (Å²) in [4.78, 5) is 11.6. The van der Waals surface area contributed by atoms with Crippen molar-refractivity contribution in [3.05, 3.63) is 22.1 Å². The fraction of sp³-hybridized carbons (Fsp3) is 0.727. The molecule has 6 heteroatoms. The van der Waals surface area contributed by atoms with Crippen LogP contribution >= 0.6 is 0 Å². The van der Waals surface area contributed by atoms with Crippen molar-refractivity contribution in [3.8, 4) is 0 Å². The second-order valence-electron chi connectivity index (χ2n) is 4.61. The first-order valence-corrected chi connectivity index (χ1v) is 7.65. The molecule has 0 atom stereocenters. The van der Waals surface area contributed by atoms with Gasteiger partial charge in [-0.25, -0.2) is 8.42 Å². The van der Waals surface area contributed by atoms with Crippen LogP contribution in [0, 0.1) is 5.92 Å². The summed E-state index contributed by atoms with van der Waals surface area (Å²) in [6.07, 6.45) is 0.794. The third-order valence-electron chi connectivity index (χ3n) is 2.54. The van der Waals surface area contributed by atoms with Gasteiger partial charge in [0.05, 0.1) is 12.3 Å². The van der Waals surface area contributed by atoms with Gasteiger partial charge in [-0.05, 0) is 12.3 Å². The van der Waals surface area contributed by atoms with Crippen molar-refractivity contribution in [2.75, 3.05) is 11.5 Å². The molecule has 1 heterocycles. The number of aryl methyl sites for hydroxylation is 1. The Hall–Kier alpha value is -1.04. The molecule has 98 valence electrons. The molecule has 0 amide bonds. The molecule has 0 bridgehead atoms. The Bertz CT molecular complexity index is 511. The van der Waals surface area contributed by atoms with E-state index in [1.54, 1.807) is 13.0 Å². The Kier molecular flexibility index (Phi) is 4.56. The van der Waals surface area contributed by atoms with E-state index in [4.69, 9.17) is 0 Å². The zero-order chi connectivity index (χ0) is 13.1. The van der Waals surface area contributed by atoms with Gasteiger partial charge in [-0.2, -0.15) is 0 Å². The lowest BCUT2D eigenvalue weighted by Crippen LogP contribution is -2.22. The normalized spacial score (nSPS) is 12.2. The highest BCUT2D eigenvalue weighted by molar-refractivity contribution is 7.91. The zero-order valence-electron chi connectivity index (χ0n) is 10.6. The molecular weight excluding hydrogens is 240 g/mol. The SMILES string of the molecule is CCS(=O)(=O)CCn1[nH]c(CC(C)C)cc1=O. The quantitative estimate of drug-likeness (QED) is 0.822. The van der Waals surface area contributed by atoms with Crippen molar-refractivity contribution in [1.82, 2.24) is 9.78 Å². The average Bonchev–Trinajstić information content (AvgIpc) is 2.55. The van der Waals surface area contributed by atoms with E-state index in [1.807, 2.05) is 0 Å². The lowest BCUT2D eigenvalue weighted by Gasteiger charge is -2.03. The first-order valence-electron chi connectivity index (χ1n) is 5.83. The van der Waals surface area contributed by atoms with Gasteiger partial charge < -0.3 is 0 Å². The van der Waals surface area contributed by atoms with E-state index in [2.05, 4.69) is 18.9 Å². The van der Waals surface area contributed by atoms with Crippen LogP contribution < -0.4 is 5.56 Å². The molecular formula is C11H20N2O3S. The molecule has 0 aliphatic rings. The predicted molar refractivity (Wildman–Crippen MR) is 67.9 cm³/mol. The van der Waals surface area contributed by atoms with E-state index >= 15 is 0 Å². The summed E-state index contributed by atoms with van der Waals surface area (Å²) in [5, 5.41) is 2.95. The molecule has 0 saturated carbocycles. The van der Waals surface area contributed by atoms with Crippen LogP contribution in [0.3, 0.4) is 0 Å². The molecule has 0 unspecified atom stereocenters. The van der Waals surface area contributed by atoms with Gasteiger partial charge in [0, 0.05) is 17.5 Å². The van der Waals surface area contributed by atoms with Gasteiger partial charge in [-0.3, -0.25) is 14.6 Å². The molecule has 0 radical (unpaired) electrons. The van der Waals surface area contributed by atoms with E-state index < -0.39 is 9.84 Å². The van der Waals surface area contributed by atoms with Crippen LogP contribution in [0.4, 0.5) is 0 Å². The highest BCUT2D eigenvalue weighted by Crippen LogP contribution is 2.02. The molecule has 0 aliphatic heterocycles. The number of rotatable bonds is 6. The van der Waals surface area contributed by atoms with Crippen molar-refractivity contribution in [2.45, 2.75) is 33.7 Å². The highest BCUT2D eigenvalue weighted by Gasteiger charge is 2.10. The van der Waals surface area contributed by atoms with Crippen LogP contribution in [-0.4, -0.2) is 29.7 Å². The van der Waals surface area contributed by atoms with Gasteiger partial charge in [0.25, 0.3) is 5.56 Å². The largest absolute Gasteiger partial charge is 0.300 e. The number of hydrogen-bond donors (Lipinski definition) is 1. The van der Waals surface area contributed by atoms with Gasteiger partial charge >= 0.3 is 0 Å². The maximum Gasteiger partial charge on any atom is 0.266 e. The lowest BCUT2D eigenvalue weighted by atomic mass is 10.1. The lowest BCUT2D eigenvalue weighted by molar-refractivity contribution is 0.568. The summed E-state index contributed by atoms with van der Waals surface area (Å²) in [7, 11) is -3.03. The number of nitrogens with one attached hydrogen (secondary N) is 1. The third-order valence-corrected chi connectivity index (χ3v) is 4.22. The van der Waals surface area contributed by atoms with Gasteiger partial charge in [0.15, 0.2) is 9.84 Å². The summed E-state index contributed by atoms with van der Waals surface area (Å²) in [6.45, 7) is 5.94. The van der Waals surface area contributed by atoms with Crippen molar-refractivity contribution in [1.29, 1.82) is 0 Å². The van der Waals surface area contributed by atoms with E-state index in [0.717, 1.165) is 12.1 Å². The first kappa shape index (κ1) is 14.0. The number of hydrogen-bond acceptors (Lipinski definition) is 3. The summed E-state index contributed by atoms with van der Waals surface area (Å²) in [5.74, 6) is 0.577. The van der Waals surface area contributed by atoms with Gasteiger partial charge in [-0.1, -0.05) is 20.8 Å². The maximum atomic E-state index is 11.6. The number of aromatic amines is 1. The Morgan fingerprint density at radius 1 is 1.41 bits per heavy atom. The topological polar surface area (TPSA) is 71.9 Å². The van der Waals surface area contributed by atoms with Crippen LogP contribution in [0.25, 0.3) is 0 Å². The summed E-state index contributed by atoms with van der Waals surface area (Å²) >= 11 is 0. The summed E-state index contributed by atoms with van der Waals surface area (Å²) < 4.78 is 24.0. The minimum atomic E-state index is -3.03. The van der Waals surface area contributed by atoms with Crippen LogP contribution in [0.15, 0.2) is 10.9 Å². The van der Waals surface area contributed by atoms with Crippen LogP contribution in [0.1, 0.15) is 26.5 Å². The van der Waals surface area contributed by atoms with Gasteiger partial charge in [-0.15, -0.1) is 0 Å². The van der Waals surface area contributed by atoms with Crippen molar-refractivity contribution in [3.63, 3.8) is 0 Å². The second-order valence-corrected chi connectivity index (χ2v) is 7.08. The fourth-order valence-electron chi connectivity index (χ4n) is 1.57. The van der Waals surface area contributed by atoms with Gasteiger partial charge in [0.2, 0.25) is 0 Å². The zero-order valence-corrected chi connectivity index (χ0v) is 11.4. The summed E-state index contributed by atoms with van der Waals surface area (Å²) in [6, 6.07) is 1.54. The molecule has 1 aromatic rings. The van der Waals surface area contributed by atoms with E-state index in [1.165, 1.54) is 4.68 Å². The molecule has 0 aliphatic carbocycles. The second kappa shape index (κ2) is 5.53. The first-order chi connectivity index (χ1) is 7.84. The van der Waals surface area contributed by atoms with Crippen LogP contribution in [0.2, 0.25) is 0 Å². The number of H-pyrrole nitrogens is 1. The predicted octanol–water partition coefficient (Wildman–Crippen LogP) is 0.810. The van der Waals surface area contributed by atoms with Crippen molar-refractivity contribution in [2.24, 2.45) is 5.92 Å². The Balaban J connectivity index is 2.73. The molecule has 5 nitrogen and oxygen atoms in total. The monoisotopic (exact) mass is 260 g/mol. The molecule has 1 rings (SSSR count). The summed E-state index contributed by atoms with van der Waals surface area (Å²) in [5.41, 5.74) is 0.700. The average molecular weight is 260 g/mol. The van der Waals surface area contributed by atoms with Gasteiger partial charge in [0.1, 0.15) is 0 Å². The minimum absolute atomic E-state index is 0.00500. The smallest absolute Gasteiger partial charge is 0.266 e. The number of aromatic nitrogens is 2. The van der Waals surface area contributed by atoms with E-state index in [-0.39, 0.29) is 23.6 Å². The Morgan fingerprint density at radius 3 is 2.59 bits per heavy atom. The molecule has 0 spiro atoms. The number of nitrogens with zero attached hydrogens (tertiary/aromatic N) is 1. The molecule has 0 saturated heterocycles. The molecule has 0 fully saturated rings. The molecule has 1 N–H and O–H groups in total. The Morgan fingerprint density at radius 2 is 2.06 bits per heavy atom. The highest BCUT2D eigenvalue weighted by atomic mass is 32.2. The van der Waals surface area contributed by atoms with Crippen LogP contribution in [0.5, 0.6) is 0 Å². The standard InChI is InChI=1S/C11H20N2O3S/c1-4-17(15,16)6-5-13-11(14)8-10(12-13)7-9(2)3/h8-9,12H,4-7H2,1-3H3. The third kappa shape index (κ3) is 4.38.